The Morgan fingerprint density at radius 1 is 1.23 bits per heavy atom. The van der Waals surface area contributed by atoms with Crippen molar-refractivity contribution in [2.45, 2.75) is 25.7 Å². The van der Waals surface area contributed by atoms with Gasteiger partial charge in [-0.2, -0.15) is 0 Å². The van der Waals surface area contributed by atoms with Crippen LogP contribution in [0.25, 0.3) is 0 Å². The lowest BCUT2D eigenvalue weighted by Crippen LogP contribution is -2.24. The molecule has 0 saturated heterocycles. The van der Waals surface area contributed by atoms with Gasteiger partial charge in [-0.05, 0) is 35.4 Å². The van der Waals surface area contributed by atoms with Gasteiger partial charge in [0, 0.05) is 30.5 Å². The number of nitrogens with one attached hydrogen (secondary N) is 2. The maximum Gasteiger partial charge on any atom is 0.225 e. The highest BCUT2D eigenvalue weighted by atomic mass is 19.1. The number of anilines is 2. The Balaban J connectivity index is 2.10. The number of ether oxygens (including phenoxy) is 1. The molecule has 3 rings (SSSR count). The van der Waals surface area contributed by atoms with E-state index in [4.69, 9.17) is 4.74 Å². The minimum Gasteiger partial charge on any atom is -0.495 e. The molecular formula is C19H18F2N2O3. The topological polar surface area (TPSA) is 67.4 Å². The summed E-state index contributed by atoms with van der Waals surface area (Å²) in [7, 11) is 1.46. The minimum atomic E-state index is -0.702. The summed E-state index contributed by atoms with van der Waals surface area (Å²) in [5, 5.41) is 5.45. The van der Waals surface area contributed by atoms with Crippen LogP contribution in [0.5, 0.6) is 5.75 Å². The van der Waals surface area contributed by atoms with Gasteiger partial charge in [-0.1, -0.05) is 6.92 Å². The van der Waals surface area contributed by atoms with Crippen LogP contribution in [-0.4, -0.2) is 18.9 Å². The molecule has 1 atom stereocenters. The second kappa shape index (κ2) is 7.11. The first-order valence-corrected chi connectivity index (χ1v) is 8.19. The SMILES string of the molecule is CCC(=O)Nc1cc2c(cc1OC)C(c1cc(F)cc(F)c1)CC(=O)N2. The van der Waals surface area contributed by atoms with Gasteiger partial charge in [0.1, 0.15) is 17.4 Å². The number of methoxy groups -OCH3 is 1. The highest BCUT2D eigenvalue weighted by Gasteiger charge is 2.29. The van der Waals surface area contributed by atoms with E-state index in [1.165, 1.54) is 19.2 Å². The summed E-state index contributed by atoms with van der Waals surface area (Å²) in [4.78, 5) is 23.8. The standard InChI is InChI=1S/C19H18F2N2O3/c1-3-18(24)23-16-9-15-14(7-17(16)26-2)13(8-19(25)22-15)10-4-11(20)6-12(21)5-10/h4-7,9,13H,3,8H2,1-2H3,(H,22,25)(H,23,24). The number of halogens is 2. The molecule has 0 bridgehead atoms. The second-order valence-corrected chi connectivity index (χ2v) is 6.05. The lowest BCUT2D eigenvalue weighted by Gasteiger charge is -2.27. The van der Waals surface area contributed by atoms with Gasteiger partial charge in [-0.15, -0.1) is 0 Å². The van der Waals surface area contributed by atoms with Gasteiger partial charge < -0.3 is 15.4 Å². The van der Waals surface area contributed by atoms with Crippen molar-refractivity contribution in [2.24, 2.45) is 0 Å². The van der Waals surface area contributed by atoms with Crippen molar-refractivity contribution in [3.05, 3.63) is 53.1 Å². The zero-order valence-electron chi connectivity index (χ0n) is 14.4. The molecule has 1 unspecified atom stereocenters. The summed E-state index contributed by atoms with van der Waals surface area (Å²) in [6.07, 6.45) is 0.345. The maximum absolute atomic E-state index is 13.6. The monoisotopic (exact) mass is 360 g/mol. The van der Waals surface area contributed by atoms with E-state index >= 15 is 0 Å². The fraction of sp³-hybridized carbons (Fsp3) is 0.263. The summed E-state index contributed by atoms with van der Waals surface area (Å²) in [5.41, 5.74) is 1.93. The number of fused-ring (bicyclic) bond motifs is 1. The van der Waals surface area contributed by atoms with Crippen LogP contribution in [0.4, 0.5) is 20.2 Å². The van der Waals surface area contributed by atoms with E-state index in [0.29, 0.717) is 28.3 Å². The first kappa shape index (κ1) is 17.8. The van der Waals surface area contributed by atoms with Crippen molar-refractivity contribution in [3.63, 3.8) is 0 Å². The molecule has 2 aromatic carbocycles. The number of rotatable bonds is 4. The van der Waals surface area contributed by atoms with Crippen LogP contribution in [0.2, 0.25) is 0 Å². The second-order valence-electron chi connectivity index (χ2n) is 6.05. The smallest absolute Gasteiger partial charge is 0.225 e. The first-order valence-electron chi connectivity index (χ1n) is 8.19. The zero-order chi connectivity index (χ0) is 18.8. The molecule has 2 aromatic rings. The molecule has 2 N–H and O–H groups in total. The summed E-state index contributed by atoms with van der Waals surface area (Å²) in [6.45, 7) is 1.72. The highest BCUT2D eigenvalue weighted by molar-refractivity contribution is 5.98. The predicted molar refractivity (Wildman–Crippen MR) is 93.4 cm³/mol. The van der Waals surface area contributed by atoms with Crippen LogP contribution >= 0.6 is 0 Å². The summed E-state index contributed by atoms with van der Waals surface area (Å²) in [6, 6.07) is 6.50. The molecular weight excluding hydrogens is 342 g/mol. The van der Waals surface area contributed by atoms with Crippen molar-refractivity contribution >= 4 is 23.2 Å². The zero-order valence-corrected chi connectivity index (χ0v) is 14.4. The molecule has 1 aliphatic rings. The minimum absolute atomic E-state index is 0.0553. The highest BCUT2D eigenvalue weighted by Crippen LogP contribution is 2.42. The third kappa shape index (κ3) is 3.51. The Hall–Kier alpha value is -2.96. The molecule has 2 amide bonds. The van der Waals surface area contributed by atoms with Gasteiger partial charge >= 0.3 is 0 Å². The van der Waals surface area contributed by atoms with E-state index in [1.807, 2.05) is 0 Å². The molecule has 0 fully saturated rings. The van der Waals surface area contributed by atoms with E-state index in [1.54, 1.807) is 19.1 Å². The maximum atomic E-state index is 13.6. The molecule has 5 nitrogen and oxygen atoms in total. The first-order chi connectivity index (χ1) is 12.4. The number of carbonyl (C=O) groups is 2. The van der Waals surface area contributed by atoms with Crippen LogP contribution in [0, 0.1) is 11.6 Å². The Morgan fingerprint density at radius 3 is 2.54 bits per heavy atom. The third-order valence-corrected chi connectivity index (χ3v) is 4.29. The predicted octanol–water partition coefficient (Wildman–Crippen LogP) is 3.80. The van der Waals surface area contributed by atoms with E-state index in [9.17, 15) is 18.4 Å². The van der Waals surface area contributed by atoms with E-state index < -0.39 is 17.6 Å². The van der Waals surface area contributed by atoms with Gasteiger partial charge in [0.2, 0.25) is 11.8 Å². The number of benzene rings is 2. The number of amides is 2. The van der Waals surface area contributed by atoms with Gasteiger partial charge in [-0.25, -0.2) is 8.78 Å². The van der Waals surface area contributed by atoms with E-state index in [-0.39, 0.29) is 24.7 Å². The van der Waals surface area contributed by atoms with Crippen LogP contribution in [0.1, 0.15) is 36.8 Å². The van der Waals surface area contributed by atoms with Crippen molar-refractivity contribution in [3.8, 4) is 5.75 Å². The molecule has 1 aliphatic heterocycles. The molecule has 1 heterocycles. The van der Waals surface area contributed by atoms with Crippen molar-refractivity contribution < 1.29 is 23.1 Å². The molecule has 26 heavy (non-hydrogen) atoms. The van der Waals surface area contributed by atoms with Crippen LogP contribution in [0.15, 0.2) is 30.3 Å². The van der Waals surface area contributed by atoms with E-state index in [2.05, 4.69) is 10.6 Å². The fourth-order valence-corrected chi connectivity index (χ4v) is 3.07. The summed E-state index contributed by atoms with van der Waals surface area (Å²) in [5.74, 6) is -1.99. The van der Waals surface area contributed by atoms with Gasteiger partial charge in [0.25, 0.3) is 0 Å². The molecule has 0 aromatic heterocycles. The quantitative estimate of drug-likeness (QED) is 0.872. The van der Waals surface area contributed by atoms with E-state index in [0.717, 1.165) is 6.07 Å². The summed E-state index contributed by atoms with van der Waals surface area (Å²) < 4.78 is 32.6. The summed E-state index contributed by atoms with van der Waals surface area (Å²) >= 11 is 0. The van der Waals surface area contributed by atoms with Gasteiger partial charge in [0.05, 0.1) is 12.8 Å². The van der Waals surface area contributed by atoms with Gasteiger partial charge in [-0.3, -0.25) is 9.59 Å². The molecule has 0 aliphatic carbocycles. The van der Waals surface area contributed by atoms with Crippen molar-refractivity contribution in [1.82, 2.24) is 0 Å². The van der Waals surface area contributed by atoms with Crippen LogP contribution in [-0.2, 0) is 9.59 Å². The Morgan fingerprint density at radius 2 is 1.92 bits per heavy atom. The van der Waals surface area contributed by atoms with Crippen LogP contribution < -0.4 is 15.4 Å². The largest absolute Gasteiger partial charge is 0.495 e. The van der Waals surface area contributed by atoms with Crippen LogP contribution in [0.3, 0.4) is 0 Å². The van der Waals surface area contributed by atoms with Crippen molar-refractivity contribution in [2.75, 3.05) is 17.7 Å². The molecule has 0 radical (unpaired) electrons. The lowest BCUT2D eigenvalue weighted by molar-refractivity contribution is -0.117. The normalized spacial score (nSPS) is 15.8. The molecule has 136 valence electrons. The van der Waals surface area contributed by atoms with Gasteiger partial charge in [0.15, 0.2) is 0 Å². The average Bonchev–Trinajstić information content (AvgIpc) is 2.59. The molecule has 0 spiro atoms. The van der Waals surface area contributed by atoms with Crippen molar-refractivity contribution in [1.29, 1.82) is 0 Å². The average molecular weight is 360 g/mol. The number of hydrogen-bond acceptors (Lipinski definition) is 3. The third-order valence-electron chi connectivity index (χ3n) is 4.29. The Labute approximate surface area is 149 Å². The molecule has 0 saturated carbocycles. The number of hydrogen-bond donors (Lipinski definition) is 2. The molecule has 7 heteroatoms. The Bertz CT molecular complexity index is 863. The Kier molecular flexibility index (Phi) is 4.88. The fourth-order valence-electron chi connectivity index (χ4n) is 3.07. The number of carbonyl (C=O) groups excluding carboxylic acids is 2. The lowest BCUT2D eigenvalue weighted by atomic mass is 9.84.